The van der Waals surface area contributed by atoms with Gasteiger partial charge in [0.1, 0.15) is 0 Å². The Hall–Kier alpha value is 0.160. The largest absolute Gasteiger partial charge is 0.306 e. The molecule has 0 N–H and O–H groups in total. The number of hydrogen-bond donors (Lipinski definition) is 0. The third kappa shape index (κ3) is 6.85. The molecule has 0 bridgehead atoms. The van der Waals surface area contributed by atoms with Gasteiger partial charge < -0.3 is 4.90 Å². The third-order valence-electron chi connectivity index (χ3n) is 4.19. The van der Waals surface area contributed by atoms with Crippen LogP contribution in [0.2, 0.25) is 0 Å². The Bertz CT molecular complexity index is 381. The van der Waals surface area contributed by atoms with Crippen LogP contribution in [0, 0.1) is 11.8 Å². The number of alkyl halides is 1. The van der Waals surface area contributed by atoms with E-state index in [1.807, 2.05) is 6.92 Å². The molecular formula is C15H31ClN2O2S. The summed E-state index contributed by atoms with van der Waals surface area (Å²) in [5.41, 5.74) is 0. The van der Waals surface area contributed by atoms with Crippen molar-refractivity contribution in [1.29, 1.82) is 0 Å². The van der Waals surface area contributed by atoms with E-state index in [2.05, 4.69) is 18.9 Å². The number of hydrogen-bond acceptors (Lipinski definition) is 3. The number of sulfonamides is 1. The molecule has 1 fully saturated rings. The maximum Gasteiger partial charge on any atom is 0.214 e. The Morgan fingerprint density at radius 2 is 1.95 bits per heavy atom. The quantitative estimate of drug-likeness (QED) is 0.607. The van der Waals surface area contributed by atoms with Crippen molar-refractivity contribution in [1.82, 2.24) is 9.21 Å². The van der Waals surface area contributed by atoms with Crippen LogP contribution in [0.3, 0.4) is 0 Å². The third-order valence-corrected chi connectivity index (χ3v) is 6.86. The molecule has 0 aromatic heterocycles. The zero-order valence-electron chi connectivity index (χ0n) is 13.7. The van der Waals surface area contributed by atoms with Crippen molar-refractivity contribution in [2.75, 3.05) is 44.9 Å². The molecule has 1 rings (SSSR count). The van der Waals surface area contributed by atoms with Crippen LogP contribution in [0.1, 0.15) is 39.5 Å². The van der Waals surface area contributed by atoms with Crippen molar-refractivity contribution < 1.29 is 8.42 Å². The van der Waals surface area contributed by atoms with E-state index in [9.17, 15) is 8.42 Å². The molecule has 0 aliphatic carbocycles. The summed E-state index contributed by atoms with van der Waals surface area (Å²) in [7, 11) is -0.958. The van der Waals surface area contributed by atoms with Crippen molar-refractivity contribution in [3.05, 3.63) is 0 Å². The molecule has 6 heteroatoms. The van der Waals surface area contributed by atoms with E-state index in [1.165, 1.54) is 12.8 Å². The van der Waals surface area contributed by atoms with Gasteiger partial charge in [-0.15, -0.1) is 11.6 Å². The molecule has 0 saturated carbocycles. The summed E-state index contributed by atoms with van der Waals surface area (Å²) in [4.78, 5) is 2.38. The Morgan fingerprint density at radius 1 is 1.33 bits per heavy atom. The Balaban J connectivity index is 2.38. The van der Waals surface area contributed by atoms with Crippen LogP contribution in [0.5, 0.6) is 0 Å². The van der Waals surface area contributed by atoms with E-state index in [-0.39, 0.29) is 11.7 Å². The standard InChI is InChI=1S/C15H31ClN2O2S/c1-4-5-8-17(3)12-15-6-9-18(10-7-15)21(19,20)13-14(2)11-16/h14-15H,4-13H2,1-3H3. The molecule has 0 radical (unpaired) electrons. The Labute approximate surface area is 135 Å². The van der Waals surface area contributed by atoms with Gasteiger partial charge in [0.2, 0.25) is 10.0 Å². The molecule has 1 aliphatic heterocycles. The van der Waals surface area contributed by atoms with Crippen LogP contribution in [-0.2, 0) is 10.0 Å². The fraction of sp³-hybridized carbons (Fsp3) is 1.00. The maximum absolute atomic E-state index is 12.3. The van der Waals surface area contributed by atoms with Crippen molar-refractivity contribution in [2.45, 2.75) is 39.5 Å². The van der Waals surface area contributed by atoms with Gasteiger partial charge in [-0.2, -0.15) is 0 Å². The van der Waals surface area contributed by atoms with E-state index in [4.69, 9.17) is 11.6 Å². The second kappa shape index (κ2) is 9.33. The smallest absolute Gasteiger partial charge is 0.214 e. The minimum Gasteiger partial charge on any atom is -0.306 e. The van der Waals surface area contributed by atoms with E-state index >= 15 is 0 Å². The van der Waals surface area contributed by atoms with Gasteiger partial charge in [-0.05, 0) is 44.7 Å². The minimum atomic E-state index is -3.13. The SMILES string of the molecule is CCCCN(C)CC1CCN(S(=O)(=O)CC(C)CCl)CC1. The summed E-state index contributed by atoms with van der Waals surface area (Å²) in [6, 6.07) is 0. The number of nitrogens with zero attached hydrogens (tertiary/aromatic N) is 2. The first-order chi connectivity index (χ1) is 9.89. The molecule has 1 saturated heterocycles. The molecule has 0 aromatic rings. The number of unbranched alkanes of at least 4 members (excludes halogenated alkanes) is 1. The van der Waals surface area contributed by atoms with Crippen LogP contribution >= 0.6 is 11.6 Å². The highest BCUT2D eigenvalue weighted by Crippen LogP contribution is 2.21. The summed E-state index contributed by atoms with van der Waals surface area (Å²) < 4.78 is 26.2. The van der Waals surface area contributed by atoms with E-state index in [0.717, 1.165) is 25.9 Å². The van der Waals surface area contributed by atoms with Crippen LogP contribution in [-0.4, -0.2) is 62.5 Å². The second-order valence-corrected chi connectivity index (χ2v) is 8.82. The van der Waals surface area contributed by atoms with Crippen molar-refractivity contribution in [3.63, 3.8) is 0 Å². The van der Waals surface area contributed by atoms with Gasteiger partial charge in [0.25, 0.3) is 0 Å². The molecule has 4 nitrogen and oxygen atoms in total. The topological polar surface area (TPSA) is 40.6 Å². The molecule has 1 atom stereocenters. The Kier molecular flexibility index (Phi) is 8.54. The highest BCUT2D eigenvalue weighted by atomic mass is 35.5. The molecule has 126 valence electrons. The van der Waals surface area contributed by atoms with E-state index in [0.29, 0.717) is 24.9 Å². The molecule has 1 aliphatic rings. The lowest BCUT2D eigenvalue weighted by molar-refractivity contribution is 0.204. The van der Waals surface area contributed by atoms with Gasteiger partial charge in [0.15, 0.2) is 0 Å². The molecule has 0 aromatic carbocycles. The van der Waals surface area contributed by atoms with Crippen molar-refractivity contribution in [3.8, 4) is 0 Å². The van der Waals surface area contributed by atoms with Crippen LogP contribution in [0.15, 0.2) is 0 Å². The van der Waals surface area contributed by atoms with Gasteiger partial charge in [-0.25, -0.2) is 12.7 Å². The van der Waals surface area contributed by atoms with Gasteiger partial charge in [-0.1, -0.05) is 20.3 Å². The molecule has 0 amide bonds. The highest BCUT2D eigenvalue weighted by molar-refractivity contribution is 7.89. The lowest BCUT2D eigenvalue weighted by atomic mass is 9.97. The summed E-state index contributed by atoms with van der Waals surface area (Å²) in [6.07, 6.45) is 4.41. The highest BCUT2D eigenvalue weighted by Gasteiger charge is 2.29. The average Bonchev–Trinajstić information content (AvgIpc) is 2.45. The van der Waals surface area contributed by atoms with Crippen LogP contribution in [0.4, 0.5) is 0 Å². The molecule has 0 spiro atoms. The molecule has 21 heavy (non-hydrogen) atoms. The van der Waals surface area contributed by atoms with Crippen LogP contribution in [0.25, 0.3) is 0 Å². The maximum atomic E-state index is 12.3. The van der Waals surface area contributed by atoms with Crippen molar-refractivity contribution >= 4 is 21.6 Å². The monoisotopic (exact) mass is 338 g/mol. The fourth-order valence-electron chi connectivity index (χ4n) is 2.84. The first kappa shape index (κ1) is 19.2. The van der Waals surface area contributed by atoms with Gasteiger partial charge >= 0.3 is 0 Å². The number of piperidine rings is 1. The first-order valence-electron chi connectivity index (χ1n) is 8.11. The van der Waals surface area contributed by atoms with E-state index < -0.39 is 10.0 Å². The number of rotatable bonds is 9. The second-order valence-electron chi connectivity index (χ2n) is 6.50. The summed E-state index contributed by atoms with van der Waals surface area (Å²) >= 11 is 5.73. The van der Waals surface area contributed by atoms with Gasteiger partial charge in [0, 0.05) is 25.5 Å². The van der Waals surface area contributed by atoms with Crippen LogP contribution < -0.4 is 0 Å². The average molecular weight is 339 g/mol. The van der Waals surface area contributed by atoms with Gasteiger partial charge in [0.05, 0.1) is 5.75 Å². The predicted octanol–water partition coefficient (Wildman–Crippen LogP) is 2.64. The Morgan fingerprint density at radius 3 is 2.48 bits per heavy atom. The predicted molar refractivity (Wildman–Crippen MR) is 90.4 cm³/mol. The summed E-state index contributed by atoms with van der Waals surface area (Å²) in [6.45, 7) is 7.67. The van der Waals surface area contributed by atoms with Gasteiger partial charge in [-0.3, -0.25) is 0 Å². The normalized spacial score (nSPS) is 20.0. The minimum absolute atomic E-state index is 0.0227. The summed E-state index contributed by atoms with van der Waals surface area (Å²) in [5, 5.41) is 0. The molecule has 1 heterocycles. The van der Waals surface area contributed by atoms with E-state index in [1.54, 1.807) is 4.31 Å². The zero-order chi connectivity index (χ0) is 15.9. The molecule has 1 unspecified atom stereocenters. The molecular weight excluding hydrogens is 308 g/mol. The lowest BCUT2D eigenvalue weighted by Crippen LogP contribution is -2.43. The first-order valence-corrected chi connectivity index (χ1v) is 10.3. The van der Waals surface area contributed by atoms with Crippen molar-refractivity contribution in [2.24, 2.45) is 11.8 Å². The zero-order valence-corrected chi connectivity index (χ0v) is 15.3. The fourth-order valence-corrected chi connectivity index (χ4v) is 4.89. The lowest BCUT2D eigenvalue weighted by Gasteiger charge is -2.33. The number of halogens is 1. The summed E-state index contributed by atoms with van der Waals surface area (Å²) in [5.74, 6) is 1.23.